The largest absolute Gasteiger partial charge is 2.00 e. The van der Waals surface area contributed by atoms with Crippen molar-refractivity contribution >= 4 is 6.47 Å². The van der Waals surface area contributed by atoms with Gasteiger partial charge in [0.1, 0.15) is 0 Å². The summed E-state index contributed by atoms with van der Waals surface area (Å²) >= 11 is 0. The van der Waals surface area contributed by atoms with E-state index in [1.54, 1.807) is 6.92 Å². The van der Waals surface area contributed by atoms with E-state index in [9.17, 15) is 0 Å². The molecule has 0 fully saturated rings. The summed E-state index contributed by atoms with van der Waals surface area (Å²) in [6, 6.07) is 0. The van der Waals surface area contributed by atoms with Crippen LogP contribution in [0, 0.1) is 7.43 Å². The van der Waals surface area contributed by atoms with Gasteiger partial charge >= 0.3 is 21.1 Å². The first-order chi connectivity index (χ1) is 3.41. The molecular formula is C5H12O3W. The van der Waals surface area contributed by atoms with Crippen molar-refractivity contribution < 1.29 is 35.7 Å². The molecule has 0 radical (unpaired) electrons. The third-order valence-electron chi connectivity index (χ3n) is 0.203. The third-order valence-corrected chi connectivity index (χ3v) is 0.203. The number of ether oxygens (including phenoxy) is 1. The predicted octanol–water partition coefficient (Wildman–Crippen LogP) is 0.146. The maximum atomic E-state index is 9.06. The second-order valence-corrected chi connectivity index (χ2v) is 0.516. The zero-order valence-electron chi connectivity index (χ0n) is 5.88. The van der Waals surface area contributed by atoms with Crippen LogP contribution in [0.25, 0.3) is 0 Å². The van der Waals surface area contributed by atoms with Crippen LogP contribution in [0.15, 0.2) is 0 Å². The Kier molecular flexibility index (Phi) is 108. The van der Waals surface area contributed by atoms with Gasteiger partial charge in [0.15, 0.2) is 0 Å². The maximum absolute atomic E-state index is 9.06. The van der Waals surface area contributed by atoms with Gasteiger partial charge in [0.2, 0.25) is 0 Å². The number of rotatable bonds is 2. The summed E-state index contributed by atoms with van der Waals surface area (Å²) < 4.78 is 4.03. The van der Waals surface area contributed by atoms with E-state index in [1.807, 2.05) is 0 Å². The van der Waals surface area contributed by atoms with E-state index in [1.165, 1.54) is 6.47 Å². The normalized spacial score (nSPS) is 4.33. The molecule has 3 nitrogen and oxygen atoms in total. The summed E-state index contributed by atoms with van der Waals surface area (Å²) in [4.78, 5) is 9.06. The summed E-state index contributed by atoms with van der Waals surface area (Å²) in [5.74, 6) is 0. The molecule has 0 aromatic rings. The quantitative estimate of drug-likeness (QED) is 0.739. The Morgan fingerprint density at radius 2 is 1.89 bits per heavy atom. The summed E-state index contributed by atoms with van der Waals surface area (Å²) in [6.07, 6.45) is 0. The fourth-order valence-electron chi connectivity index (χ4n) is 0.0589. The van der Waals surface area contributed by atoms with Crippen LogP contribution >= 0.6 is 0 Å². The molecule has 0 spiro atoms. The molecule has 0 atom stereocenters. The first-order valence-corrected chi connectivity index (χ1v) is 1.85. The zero-order chi connectivity index (χ0) is 6.12. The number of carbonyl (C=O) groups excluding carboxylic acids is 1. The molecule has 56 valence electrons. The van der Waals surface area contributed by atoms with Crippen molar-refractivity contribution in [3.63, 3.8) is 0 Å². The first-order valence-electron chi connectivity index (χ1n) is 1.85. The summed E-state index contributed by atoms with van der Waals surface area (Å²) in [7, 11) is 1.00. The van der Waals surface area contributed by atoms with Gasteiger partial charge in [-0.25, -0.2) is 0 Å². The predicted molar refractivity (Wildman–Crippen MR) is 31.9 cm³/mol. The Labute approximate surface area is 70.7 Å². The average molecular weight is 304 g/mol. The Balaban J connectivity index is -0.0000000286. The third kappa shape index (κ3) is 67.7. The van der Waals surface area contributed by atoms with Crippen molar-refractivity contribution in [1.29, 1.82) is 0 Å². The fraction of sp³-hybridized carbons (Fsp3) is 0.600. The molecule has 0 saturated heterocycles. The van der Waals surface area contributed by atoms with E-state index < -0.39 is 0 Å². The van der Waals surface area contributed by atoms with Crippen LogP contribution in [0.2, 0.25) is 0 Å². The van der Waals surface area contributed by atoms with E-state index in [2.05, 4.69) is 4.74 Å². The van der Waals surface area contributed by atoms with E-state index in [0.717, 1.165) is 7.11 Å². The number of hydrogen-bond acceptors (Lipinski definition) is 3. The average Bonchev–Trinajstić information content (AvgIpc) is 1.75. The standard InChI is InChI=1S/C3H5O2.CH4O.CH3.W/c1-2-5-3-4;1-2;;/h2H2,1H3;2H,1H3;1H3;/q-1;;-1;+2. The van der Waals surface area contributed by atoms with Gasteiger partial charge in [-0.05, 0) is 6.92 Å². The van der Waals surface area contributed by atoms with Crippen molar-refractivity contribution in [2.24, 2.45) is 0 Å². The van der Waals surface area contributed by atoms with Crippen molar-refractivity contribution in [2.75, 3.05) is 13.7 Å². The van der Waals surface area contributed by atoms with Crippen LogP contribution < -0.4 is 0 Å². The van der Waals surface area contributed by atoms with Gasteiger partial charge < -0.3 is 22.1 Å². The molecule has 0 aromatic carbocycles. The molecule has 0 heterocycles. The van der Waals surface area contributed by atoms with E-state index in [-0.39, 0.29) is 28.5 Å². The molecule has 0 amide bonds. The molecule has 0 rings (SSSR count). The minimum absolute atomic E-state index is 0. The second-order valence-electron chi connectivity index (χ2n) is 0.516. The van der Waals surface area contributed by atoms with Gasteiger partial charge in [0.25, 0.3) is 0 Å². The van der Waals surface area contributed by atoms with Crippen LogP contribution in [0.4, 0.5) is 0 Å². The monoisotopic (exact) mass is 304 g/mol. The fourth-order valence-corrected chi connectivity index (χ4v) is 0.0589. The minimum Gasteiger partial charge on any atom is -0.653 e. The van der Waals surface area contributed by atoms with Gasteiger partial charge in [-0.3, -0.25) is 0 Å². The van der Waals surface area contributed by atoms with Crippen molar-refractivity contribution in [1.82, 2.24) is 0 Å². The molecule has 9 heavy (non-hydrogen) atoms. The first kappa shape index (κ1) is 22.9. The van der Waals surface area contributed by atoms with Crippen LogP contribution in [0.3, 0.4) is 0 Å². The molecule has 0 unspecified atom stereocenters. The Morgan fingerprint density at radius 1 is 1.56 bits per heavy atom. The van der Waals surface area contributed by atoms with Gasteiger partial charge in [-0.15, -0.1) is 0 Å². The molecule has 0 aliphatic rings. The van der Waals surface area contributed by atoms with E-state index >= 15 is 0 Å². The molecule has 0 bridgehead atoms. The Hall–Kier alpha value is 0.118. The summed E-state index contributed by atoms with van der Waals surface area (Å²) in [5.41, 5.74) is 0. The molecule has 0 aliphatic heterocycles. The molecule has 0 aromatic heterocycles. The van der Waals surface area contributed by atoms with Gasteiger partial charge in [0, 0.05) is 13.7 Å². The maximum Gasteiger partial charge on any atom is 2.00 e. The molecule has 0 aliphatic carbocycles. The topological polar surface area (TPSA) is 46.5 Å². The van der Waals surface area contributed by atoms with Crippen LogP contribution in [0.1, 0.15) is 6.92 Å². The van der Waals surface area contributed by atoms with Crippen LogP contribution in [0.5, 0.6) is 0 Å². The van der Waals surface area contributed by atoms with Crippen LogP contribution in [-0.4, -0.2) is 25.3 Å². The molecule has 4 heteroatoms. The molecule has 0 saturated carbocycles. The Bertz CT molecular complexity index is 33.4. The van der Waals surface area contributed by atoms with Gasteiger partial charge in [-0.1, -0.05) is 6.47 Å². The van der Waals surface area contributed by atoms with Gasteiger partial charge in [0.05, 0.1) is 0 Å². The number of aliphatic hydroxyl groups is 1. The second kappa shape index (κ2) is 42.3. The number of aliphatic hydroxyl groups excluding tert-OH is 1. The zero-order valence-corrected chi connectivity index (χ0v) is 8.81. The molecule has 1 N–H and O–H groups in total. The minimum atomic E-state index is 0. The number of hydrogen-bond donors (Lipinski definition) is 1. The van der Waals surface area contributed by atoms with E-state index in [0.29, 0.717) is 6.61 Å². The van der Waals surface area contributed by atoms with Crippen molar-refractivity contribution in [3.05, 3.63) is 7.43 Å². The van der Waals surface area contributed by atoms with E-state index in [4.69, 9.17) is 9.90 Å². The smallest absolute Gasteiger partial charge is 0.653 e. The van der Waals surface area contributed by atoms with Crippen LogP contribution in [-0.2, 0) is 30.6 Å². The van der Waals surface area contributed by atoms with Crippen molar-refractivity contribution in [3.8, 4) is 0 Å². The summed E-state index contributed by atoms with van der Waals surface area (Å²) in [5, 5.41) is 7.00. The van der Waals surface area contributed by atoms with Crippen molar-refractivity contribution in [2.45, 2.75) is 6.92 Å². The van der Waals surface area contributed by atoms with Gasteiger partial charge in [-0.2, -0.15) is 0 Å². The molecular weight excluding hydrogens is 292 g/mol. The Morgan fingerprint density at radius 3 is 1.89 bits per heavy atom. The SMILES string of the molecule is CCO[C-]=O.CO.[CH3-].[W+2]. The summed E-state index contributed by atoms with van der Waals surface area (Å²) in [6.45, 7) is 3.41.